The standard InChI is InChI=1S/C12H10INO3/c1-6(15)11-9-5-8(13)3-4-10(9)14(7(2)16)12(11)17/h3-5,17H,1-2H3. The maximum atomic E-state index is 11.5. The molecule has 0 saturated heterocycles. The first-order valence-electron chi connectivity index (χ1n) is 4.98. The molecule has 1 heterocycles. The minimum atomic E-state index is -0.318. The monoisotopic (exact) mass is 343 g/mol. The Hall–Kier alpha value is -1.37. The highest BCUT2D eigenvalue weighted by atomic mass is 127. The van der Waals surface area contributed by atoms with Crippen LogP contribution < -0.4 is 0 Å². The highest BCUT2D eigenvalue weighted by Crippen LogP contribution is 2.32. The van der Waals surface area contributed by atoms with E-state index >= 15 is 0 Å². The average Bonchev–Trinajstić information content (AvgIpc) is 2.48. The largest absolute Gasteiger partial charge is 0.494 e. The maximum Gasteiger partial charge on any atom is 0.230 e. The molecule has 5 heteroatoms. The van der Waals surface area contributed by atoms with Crippen LogP contribution in [-0.4, -0.2) is 21.4 Å². The predicted octanol–water partition coefficient (Wildman–Crippen LogP) is 2.81. The van der Waals surface area contributed by atoms with Crippen molar-refractivity contribution in [2.75, 3.05) is 0 Å². The molecule has 1 aromatic heterocycles. The van der Waals surface area contributed by atoms with Gasteiger partial charge in [0.2, 0.25) is 11.8 Å². The third-order valence-electron chi connectivity index (χ3n) is 2.57. The van der Waals surface area contributed by atoms with E-state index in [4.69, 9.17) is 0 Å². The van der Waals surface area contributed by atoms with Gasteiger partial charge in [-0.1, -0.05) is 0 Å². The van der Waals surface area contributed by atoms with Crippen molar-refractivity contribution >= 4 is 45.2 Å². The van der Waals surface area contributed by atoms with Crippen molar-refractivity contribution in [1.82, 2.24) is 4.57 Å². The van der Waals surface area contributed by atoms with Crippen LogP contribution in [0.4, 0.5) is 0 Å². The molecule has 4 nitrogen and oxygen atoms in total. The van der Waals surface area contributed by atoms with Crippen LogP contribution in [0.2, 0.25) is 0 Å². The van der Waals surface area contributed by atoms with Gasteiger partial charge in [0.1, 0.15) is 0 Å². The topological polar surface area (TPSA) is 59.3 Å². The molecule has 0 aliphatic rings. The van der Waals surface area contributed by atoms with Gasteiger partial charge in [0.15, 0.2) is 5.78 Å². The smallest absolute Gasteiger partial charge is 0.230 e. The number of hydrogen-bond acceptors (Lipinski definition) is 3. The minimum absolute atomic E-state index is 0.203. The van der Waals surface area contributed by atoms with Crippen LogP contribution in [0.3, 0.4) is 0 Å². The van der Waals surface area contributed by atoms with Crippen molar-refractivity contribution in [2.45, 2.75) is 13.8 Å². The molecule has 0 saturated carbocycles. The summed E-state index contributed by atoms with van der Waals surface area (Å²) in [7, 11) is 0. The number of fused-ring (bicyclic) bond motifs is 1. The number of rotatable bonds is 1. The Balaban J connectivity index is 2.98. The molecule has 0 aliphatic carbocycles. The number of hydrogen-bond donors (Lipinski definition) is 1. The van der Waals surface area contributed by atoms with Gasteiger partial charge in [0.05, 0.1) is 11.1 Å². The Morgan fingerprint density at radius 2 is 1.94 bits per heavy atom. The van der Waals surface area contributed by atoms with Gasteiger partial charge in [-0.25, -0.2) is 0 Å². The summed E-state index contributed by atoms with van der Waals surface area (Å²) in [6, 6.07) is 5.34. The molecule has 0 spiro atoms. The zero-order chi connectivity index (χ0) is 12.7. The Kier molecular flexibility index (Phi) is 2.94. The highest BCUT2D eigenvalue weighted by Gasteiger charge is 2.21. The third kappa shape index (κ3) is 1.84. The van der Waals surface area contributed by atoms with Crippen molar-refractivity contribution in [3.05, 3.63) is 27.3 Å². The number of nitrogens with zero attached hydrogens (tertiary/aromatic N) is 1. The van der Waals surface area contributed by atoms with Crippen molar-refractivity contribution in [2.24, 2.45) is 0 Å². The van der Waals surface area contributed by atoms with Crippen molar-refractivity contribution < 1.29 is 14.7 Å². The summed E-state index contributed by atoms with van der Waals surface area (Å²) < 4.78 is 2.10. The van der Waals surface area contributed by atoms with Crippen LogP contribution in [0.5, 0.6) is 5.88 Å². The Bertz CT molecular complexity index is 643. The molecule has 0 fully saturated rings. The summed E-state index contributed by atoms with van der Waals surface area (Å²) in [6.07, 6.45) is 0. The molecule has 1 aromatic carbocycles. The van der Waals surface area contributed by atoms with Gasteiger partial charge in [-0.05, 0) is 47.7 Å². The van der Waals surface area contributed by atoms with Crippen LogP contribution in [0.1, 0.15) is 29.0 Å². The second-order valence-corrected chi connectivity index (χ2v) is 5.02. The molecule has 0 amide bonds. The number of ketones is 1. The van der Waals surface area contributed by atoms with Crippen LogP contribution in [0, 0.1) is 3.57 Å². The average molecular weight is 343 g/mol. The number of carbonyl (C=O) groups excluding carboxylic acids is 2. The predicted molar refractivity (Wildman–Crippen MR) is 72.6 cm³/mol. The first-order valence-corrected chi connectivity index (χ1v) is 6.06. The van der Waals surface area contributed by atoms with E-state index in [0.717, 1.165) is 8.14 Å². The van der Waals surface area contributed by atoms with Crippen LogP contribution in [0.25, 0.3) is 10.9 Å². The van der Waals surface area contributed by atoms with E-state index < -0.39 is 0 Å². The fourth-order valence-electron chi connectivity index (χ4n) is 1.92. The number of aromatic hydroxyl groups is 1. The lowest BCUT2D eigenvalue weighted by molar-refractivity contribution is 0.0933. The molecule has 2 aromatic rings. The van der Waals surface area contributed by atoms with Crippen LogP contribution in [0.15, 0.2) is 18.2 Å². The van der Waals surface area contributed by atoms with Crippen molar-refractivity contribution in [1.29, 1.82) is 0 Å². The van der Waals surface area contributed by atoms with Gasteiger partial charge in [0.25, 0.3) is 0 Å². The summed E-state index contributed by atoms with van der Waals surface area (Å²) in [4.78, 5) is 23.0. The van der Waals surface area contributed by atoms with E-state index in [9.17, 15) is 14.7 Å². The number of halogens is 1. The normalized spacial score (nSPS) is 10.8. The molecule has 2 rings (SSSR count). The summed E-state index contributed by atoms with van der Waals surface area (Å²) in [5, 5.41) is 10.6. The minimum Gasteiger partial charge on any atom is -0.494 e. The highest BCUT2D eigenvalue weighted by molar-refractivity contribution is 14.1. The van der Waals surface area contributed by atoms with E-state index in [2.05, 4.69) is 22.6 Å². The second kappa shape index (κ2) is 4.14. The fourth-order valence-corrected chi connectivity index (χ4v) is 2.41. The van der Waals surface area contributed by atoms with E-state index in [-0.39, 0.29) is 23.1 Å². The molecule has 17 heavy (non-hydrogen) atoms. The molecular formula is C12H10INO3. The van der Waals surface area contributed by atoms with Gasteiger partial charge in [-0.2, -0.15) is 0 Å². The molecule has 0 bridgehead atoms. The summed E-state index contributed by atoms with van der Waals surface area (Å²) >= 11 is 2.12. The number of aromatic nitrogens is 1. The van der Waals surface area contributed by atoms with Gasteiger partial charge >= 0.3 is 0 Å². The van der Waals surface area contributed by atoms with Crippen LogP contribution >= 0.6 is 22.6 Å². The molecule has 0 atom stereocenters. The van der Waals surface area contributed by atoms with Crippen LogP contribution in [-0.2, 0) is 0 Å². The molecule has 88 valence electrons. The first-order chi connectivity index (χ1) is 7.93. The SMILES string of the molecule is CC(=O)c1c(O)n(C(C)=O)c2ccc(I)cc12. The molecule has 0 aliphatic heterocycles. The zero-order valence-corrected chi connectivity index (χ0v) is 11.5. The number of benzene rings is 1. The van der Waals surface area contributed by atoms with E-state index in [1.807, 2.05) is 6.07 Å². The lowest BCUT2D eigenvalue weighted by Crippen LogP contribution is -2.04. The summed E-state index contributed by atoms with van der Waals surface area (Å²) in [6.45, 7) is 2.72. The lowest BCUT2D eigenvalue weighted by Gasteiger charge is -2.00. The first kappa shape index (κ1) is 12.1. The second-order valence-electron chi connectivity index (χ2n) is 3.77. The molecular weight excluding hydrogens is 333 g/mol. The Labute approximate surface area is 111 Å². The van der Waals surface area contributed by atoms with Crippen molar-refractivity contribution in [3.63, 3.8) is 0 Å². The fraction of sp³-hybridized carbons (Fsp3) is 0.167. The summed E-state index contributed by atoms with van der Waals surface area (Å²) in [5.41, 5.74) is 0.759. The number of carbonyl (C=O) groups is 2. The Morgan fingerprint density at radius 1 is 1.29 bits per heavy atom. The quantitative estimate of drug-likeness (QED) is 0.640. The lowest BCUT2D eigenvalue weighted by atomic mass is 10.1. The van der Waals surface area contributed by atoms with Gasteiger partial charge in [0, 0.05) is 15.9 Å². The third-order valence-corrected chi connectivity index (χ3v) is 3.24. The van der Waals surface area contributed by atoms with E-state index in [1.54, 1.807) is 12.1 Å². The van der Waals surface area contributed by atoms with E-state index in [1.165, 1.54) is 13.8 Å². The van der Waals surface area contributed by atoms with Crippen molar-refractivity contribution in [3.8, 4) is 5.88 Å². The molecule has 0 radical (unpaired) electrons. The van der Waals surface area contributed by atoms with Gasteiger partial charge in [-0.3, -0.25) is 14.2 Å². The Morgan fingerprint density at radius 3 is 2.47 bits per heavy atom. The summed E-state index contributed by atoms with van der Waals surface area (Å²) in [5.74, 6) is -0.849. The maximum absolute atomic E-state index is 11.5. The zero-order valence-electron chi connectivity index (χ0n) is 9.32. The molecule has 0 unspecified atom stereocenters. The van der Waals surface area contributed by atoms with Gasteiger partial charge < -0.3 is 5.11 Å². The van der Waals surface area contributed by atoms with Gasteiger partial charge in [-0.15, -0.1) is 0 Å². The van der Waals surface area contributed by atoms with E-state index in [0.29, 0.717) is 10.9 Å². The molecule has 1 N–H and O–H groups in total. The number of Topliss-reactive ketones (excluding diaryl/α,β-unsaturated/α-hetero) is 1.